The molecule has 6 nitrogen and oxygen atoms in total. The van der Waals surface area contributed by atoms with Crippen molar-refractivity contribution < 1.29 is 26.4 Å². The molecule has 0 unspecified atom stereocenters. The van der Waals surface area contributed by atoms with Crippen molar-refractivity contribution in [1.82, 2.24) is 9.62 Å². The van der Waals surface area contributed by atoms with E-state index in [4.69, 9.17) is 0 Å². The Bertz CT molecular complexity index is 1640. The molecular weight excluding hydrogens is 587 g/mol. The van der Waals surface area contributed by atoms with Gasteiger partial charge < -0.3 is 10.6 Å². The van der Waals surface area contributed by atoms with Gasteiger partial charge in [0, 0.05) is 48.8 Å². The summed E-state index contributed by atoms with van der Waals surface area (Å²) < 4.78 is 71.0. The minimum absolute atomic E-state index is 0.184. The number of piperazine rings is 1. The summed E-state index contributed by atoms with van der Waals surface area (Å²) in [6, 6.07) is 23.8. The lowest BCUT2D eigenvalue weighted by Gasteiger charge is -2.35. The molecule has 1 fully saturated rings. The van der Waals surface area contributed by atoms with Crippen LogP contribution in [0.4, 0.5) is 18.9 Å². The zero-order valence-electron chi connectivity index (χ0n) is 24.2. The molecule has 0 spiro atoms. The fourth-order valence-corrected chi connectivity index (χ4v) is 7.46. The van der Waals surface area contributed by atoms with Gasteiger partial charge in [-0.05, 0) is 72.5 Å². The zero-order chi connectivity index (χ0) is 31.3. The molecule has 5 rings (SSSR count). The van der Waals surface area contributed by atoms with Gasteiger partial charge in [-0.25, -0.2) is 21.6 Å². The summed E-state index contributed by atoms with van der Waals surface area (Å²) in [6.45, 7) is 2.92. The van der Waals surface area contributed by atoms with Crippen LogP contribution in [0.25, 0.3) is 0 Å². The Kier molecular flexibility index (Phi) is 9.83. The van der Waals surface area contributed by atoms with E-state index < -0.39 is 51.3 Å². The molecule has 1 saturated heterocycles. The standard InChI is InChI=1S/C34H34F3N3O3S/c1-23(33(24-10-14-26(35)15-11-24)25-12-16-27(36)17-13-25)34(41)39-32-9-5-8-31(37)30(32)19-18-28-22-38-20-21-40(28)44(42,43)29-6-3-2-4-7-29/h2-17,23,28,33,38H,18-22H2,1H3,(H,39,41)/t23-,28+/m0/s1. The van der Waals surface area contributed by atoms with Crippen molar-refractivity contribution in [2.75, 3.05) is 25.0 Å². The summed E-state index contributed by atoms with van der Waals surface area (Å²) >= 11 is 0. The lowest BCUT2D eigenvalue weighted by molar-refractivity contribution is -0.119. The second kappa shape index (κ2) is 13.8. The molecule has 1 aliphatic heterocycles. The highest BCUT2D eigenvalue weighted by Gasteiger charge is 2.34. The van der Waals surface area contributed by atoms with Crippen molar-refractivity contribution in [2.45, 2.75) is 36.6 Å². The molecule has 1 aliphatic rings. The predicted molar refractivity (Wildman–Crippen MR) is 164 cm³/mol. The van der Waals surface area contributed by atoms with E-state index >= 15 is 4.39 Å². The van der Waals surface area contributed by atoms with E-state index in [1.54, 1.807) is 67.6 Å². The van der Waals surface area contributed by atoms with Crippen molar-refractivity contribution in [1.29, 1.82) is 0 Å². The number of carbonyl (C=O) groups excluding carboxylic acids is 1. The van der Waals surface area contributed by atoms with Gasteiger partial charge in [0.2, 0.25) is 15.9 Å². The monoisotopic (exact) mass is 621 g/mol. The van der Waals surface area contributed by atoms with E-state index in [0.29, 0.717) is 36.3 Å². The van der Waals surface area contributed by atoms with Gasteiger partial charge in [0.15, 0.2) is 0 Å². The molecule has 1 heterocycles. The van der Waals surface area contributed by atoms with Gasteiger partial charge in [0.05, 0.1) is 4.90 Å². The van der Waals surface area contributed by atoms with Crippen molar-refractivity contribution in [2.24, 2.45) is 5.92 Å². The molecule has 0 aromatic heterocycles. The predicted octanol–water partition coefficient (Wildman–Crippen LogP) is 6.11. The molecule has 2 N–H and O–H groups in total. The Hall–Kier alpha value is -3.99. The second-order valence-corrected chi connectivity index (χ2v) is 12.8. The van der Waals surface area contributed by atoms with Crippen LogP contribution >= 0.6 is 0 Å². The summed E-state index contributed by atoms with van der Waals surface area (Å²) in [5.74, 6) is -2.98. The highest BCUT2D eigenvalue weighted by atomic mass is 32.2. The summed E-state index contributed by atoms with van der Waals surface area (Å²) in [6.07, 6.45) is 0.509. The number of halogens is 3. The maximum absolute atomic E-state index is 15.2. The molecule has 1 amide bonds. The smallest absolute Gasteiger partial charge is 0.243 e. The van der Waals surface area contributed by atoms with E-state index in [9.17, 15) is 22.0 Å². The number of sulfonamides is 1. The molecule has 10 heteroatoms. The first-order valence-electron chi connectivity index (χ1n) is 14.5. The van der Waals surface area contributed by atoms with Crippen LogP contribution in [-0.2, 0) is 21.2 Å². The van der Waals surface area contributed by atoms with E-state index in [1.807, 2.05) is 0 Å². The maximum Gasteiger partial charge on any atom is 0.243 e. The summed E-state index contributed by atoms with van der Waals surface area (Å²) in [5, 5.41) is 6.11. The quantitative estimate of drug-likeness (QED) is 0.224. The normalized spacial score (nSPS) is 16.5. The van der Waals surface area contributed by atoms with E-state index in [2.05, 4.69) is 10.6 Å². The summed E-state index contributed by atoms with van der Waals surface area (Å²) in [4.78, 5) is 13.9. The molecule has 0 radical (unpaired) electrons. The van der Waals surface area contributed by atoms with E-state index in [0.717, 1.165) is 0 Å². The minimum Gasteiger partial charge on any atom is -0.325 e. The molecule has 2 atom stereocenters. The van der Waals surface area contributed by atoms with Crippen LogP contribution in [0.15, 0.2) is 102 Å². The minimum atomic E-state index is -3.75. The lowest BCUT2D eigenvalue weighted by Crippen LogP contribution is -2.53. The van der Waals surface area contributed by atoms with Gasteiger partial charge in [0.1, 0.15) is 17.5 Å². The second-order valence-electron chi connectivity index (χ2n) is 11.0. The van der Waals surface area contributed by atoms with Crippen LogP contribution in [0.3, 0.4) is 0 Å². The van der Waals surface area contributed by atoms with Crippen molar-refractivity contribution in [3.63, 3.8) is 0 Å². The highest BCUT2D eigenvalue weighted by Crippen LogP contribution is 2.34. The Morgan fingerprint density at radius 1 is 0.886 bits per heavy atom. The Morgan fingerprint density at radius 3 is 2.11 bits per heavy atom. The molecular formula is C34H34F3N3O3S. The summed E-state index contributed by atoms with van der Waals surface area (Å²) in [7, 11) is -3.75. The molecule has 0 aliphatic carbocycles. The van der Waals surface area contributed by atoms with E-state index in [1.165, 1.54) is 40.7 Å². The zero-order valence-corrected chi connectivity index (χ0v) is 25.0. The first-order chi connectivity index (χ1) is 21.1. The van der Waals surface area contributed by atoms with Crippen LogP contribution in [0.1, 0.15) is 36.0 Å². The number of rotatable bonds is 10. The highest BCUT2D eigenvalue weighted by molar-refractivity contribution is 7.89. The lowest BCUT2D eigenvalue weighted by atomic mass is 9.81. The van der Waals surface area contributed by atoms with Crippen molar-refractivity contribution >= 4 is 21.6 Å². The molecule has 44 heavy (non-hydrogen) atoms. The van der Waals surface area contributed by atoms with Crippen LogP contribution in [-0.4, -0.2) is 44.3 Å². The van der Waals surface area contributed by atoms with Crippen LogP contribution < -0.4 is 10.6 Å². The first kappa shape index (κ1) is 31.4. The fourth-order valence-electron chi connectivity index (χ4n) is 5.78. The van der Waals surface area contributed by atoms with E-state index in [-0.39, 0.29) is 23.4 Å². The number of hydrogen-bond acceptors (Lipinski definition) is 4. The van der Waals surface area contributed by atoms with Crippen molar-refractivity contribution in [3.05, 3.63) is 131 Å². The number of amides is 1. The maximum atomic E-state index is 15.2. The molecule has 230 valence electrons. The average Bonchev–Trinajstić information content (AvgIpc) is 3.03. The number of carbonyl (C=O) groups is 1. The third-order valence-electron chi connectivity index (χ3n) is 8.12. The Labute approximate surface area is 256 Å². The largest absolute Gasteiger partial charge is 0.325 e. The van der Waals surface area contributed by atoms with Gasteiger partial charge in [0.25, 0.3) is 0 Å². The Morgan fingerprint density at radius 2 is 1.50 bits per heavy atom. The van der Waals surface area contributed by atoms with Gasteiger partial charge in [-0.3, -0.25) is 4.79 Å². The molecule has 4 aromatic rings. The molecule has 0 saturated carbocycles. The Balaban J connectivity index is 1.36. The number of benzene rings is 4. The number of hydrogen-bond donors (Lipinski definition) is 2. The number of nitrogens with zero attached hydrogens (tertiary/aromatic N) is 1. The van der Waals surface area contributed by atoms with Crippen molar-refractivity contribution in [3.8, 4) is 0 Å². The summed E-state index contributed by atoms with van der Waals surface area (Å²) in [5.41, 5.74) is 1.91. The third kappa shape index (κ3) is 7.04. The SMILES string of the molecule is C[C@H](C(=O)Nc1cccc(F)c1CC[C@@H]1CNCCN1S(=O)(=O)c1ccccc1)C(c1ccc(F)cc1)c1ccc(F)cc1. The van der Waals surface area contributed by atoms with Gasteiger partial charge in [-0.1, -0.05) is 55.5 Å². The van der Waals surface area contributed by atoms with Gasteiger partial charge >= 0.3 is 0 Å². The molecule has 0 bridgehead atoms. The number of nitrogens with one attached hydrogen (secondary N) is 2. The van der Waals surface area contributed by atoms with Crippen LogP contribution in [0, 0.1) is 23.4 Å². The van der Waals surface area contributed by atoms with Crippen LogP contribution in [0.5, 0.6) is 0 Å². The topological polar surface area (TPSA) is 78.5 Å². The van der Waals surface area contributed by atoms with Crippen LogP contribution in [0.2, 0.25) is 0 Å². The van der Waals surface area contributed by atoms with Gasteiger partial charge in [-0.2, -0.15) is 4.31 Å². The average molecular weight is 622 g/mol. The fraction of sp³-hybridized carbons (Fsp3) is 0.265. The molecule has 4 aromatic carbocycles. The van der Waals surface area contributed by atoms with Gasteiger partial charge in [-0.15, -0.1) is 0 Å². The number of anilines is 1. The third-order valence-corrected chi connectivity index (χ3v) is 10.1. The first-order valence-corrected chi connectivity index (χ1v) is 16.0.